The van der Waals surface area contributed by atoms with E-state index in [0.717, 1.165) is 28.5 Å². The summed E-state index contributed by atoms with van der Waals surface area (Å²) in [4.78, 5) is 11.2. The van der Waals surface area contributed by atoms with Crippen molar-refractivity contribution in [2.75, 3.05) is 5.75 Å². The van der Waals surface area contributed by atoms with Crippen LogP contribution in [0.1, 0.15) is 35.4 Å². The molecule has 1 fully saturated rings. The van der Waals surface area contributed by atoms with Gasteiger partial charge in [0.1, 0.15) is 4.88 Å². The number of carbonyl (C=O) groups is 1. The molecule has 1 aliphatic rings. The van der Waals surface area contributed by atoms with Crippen molar-refractivity contribution in [3.8, 4) is 5.97 Å². The summed E-state index contributed by atoms with van der Waals surface area (Å²) in [7, 11) is 0. The summed E-state index contributed by atoms with van der Waals surface area (Å²) >= 11 is 3.11. The average Bonchev–Trinajstić information content (AvgIpc) is 2.93. The van der Waals surface area contributed by atoms with Gasteiger partial charge in [0, 0.05) is 5.97 Å². The fraction of sp³-hybridized carbons (Fsp3) is 0.571. The molecule has 1 aliphatic heterocycles. The number of rotatable bonds is 6. The second-order valence-electron chi connectivity index (χ2n) is 5.26. The molecule has 0 bridgehead atoms. The Morgan fingerprint density at radius 1 is 1.50 bits per heavy atom. The third-order valence-corrected chi connectivity index (χ3v) is 6.21. The molecule has 3 nitrogen and oxygen atoms in total. The van der Waals surface area contributed by atoms with E-state index in [1.165, 1.54) is 37.0 Å². The summed E-state index contributed by atoms with van der Waals surface area (Å²) in [6.45, 7) is 0.293. The second-order valence-corrected chi connectivity index (χ2v) is 7.74. The number of nitriles is 1. The van der Waals surface area contributed by atoms with Crippen LogP contribution in [-0.2, 0) is 0 Å². The number of thiophene rings is 1. The van der Waals surface area contributed by atoms with Crippen LogP contribution in [0.15, 0.2) is 16.3 Å². The first kappa shape index (κ1) is 15.5. The van der Waals surface area contributed by atoms with Gasteiger partial charge in [0.05, 0.1) is 4.21 Å². The zero-order valence-corrected chi connectivity index (χ0v) is 13.0. The van der Waals surface area contributed by atoms with Crippen LogP contribution < -0.4 is 0 Å². The van der Waals surface area contributed by atoms with Gasteiger partial charge in [0.15, 0.2) is 0 Å². The molecule has 0 saturated carbocycles. The SMILES string of the molecule is N#CB1CCC(CCCSc2ccc(C(=O)O)s2)CC1. The lowest BCUT2D eigenvalue weighted by Gasteiger charge is -2.22. The lowest BCUT2D eigenvalue weighted by molar-refractivity contribution is 0.0702. The minimum atomic E-state index is -0.837. The molecule has 1 aromatic heterocycles. The van der Waals surface area contributed by atoms with E-state index in [0.29, 0.717) is 11.6 Å². The predicted molar refractivity (Wildman–Crippen MR) is 84.9 cm³/mol. The van der Waals surface area contributed by atoms with E-state index in [-0.39, 0.29) is 0 Å². The van der Waals surface area contributed by atoms with Crippen molar-refractivity contribution < 1.29 is 9.90 Å². The van der Waals surface area contributed by atoms with Gasteiger partial charge in [-0.25, -0.2) is 10.1 Å². The number of hydrogen-bond acceptors (Lipinski definition) is 4. The van der Waals surface area contributed by atoms with Crippen LogP contribution in [0.25, 0.3) is 0 Å². The van der Waals surface area contributed by atoms with Crippen molar-refractivity contribution in [3.05, 3.63) is 17.0 Å². The maximum Gasteiger partial charge on any atom is 0.345 e. The standard InChI is InChI=1S/C14H18BNO2S2/c16-10-15-7-5-11(6-8-15)2-1-9-19-13-4-3-12(20-13)14(17)18/h3-4,11H,1-2,5-9H2,(H,17,18). The van der Waals surface area contributed by atoms with E-state index >= 15 is 0 Å². The highest BCUT2D eigenvalue weighted by Gasteiger charge is 2.23. The van der Waals surface area contributed by atoms with E-state index in [1.54, 1.807) is 17.8 Å². The normalized spacial score (nSPS) is 16.1. The van der Waals surface area contributed by atoms with E-state index in [9.17, 15) is 4.79 Å². The number of nitrogens with zero attached hydrogens (tertiary/aromatic N) is 1. The Hall–Kier alpha value is -0.925. The Kier molecular flexibility index (Phi) is 5.99. The van der Waals surface area contributed by atoms with Crippen LogP contribution in [0.5, 0.6) is 0 Å². The Morgan fingerprint density at radius 3 is 2.85 bits per heavy atom. The molecule has 1 saturated heterocycles. The molecule has 6 heteroatoms. The first-order valence-electron chi connectivity index (χ1n) is 7.04. The summed E-state index contributed by atoms with van der Waals surface area (Å²) in [6, 6.07) is 3.58. The highest BCUT2D eigenvalue weighted by molar-refractivity contribution is 8.01. The van der Waals surface area contributed by atoms with Gasteiger partial charge in [-0.05, 0) is 36.6 Å². The maximum atomic E-state index is 10.8. The topological polar surface area (TPSA) is 61.1 Å². The minimum Gasteiger partial charge on any atom is -0.477 e. The lowest BCUT2D eigenvalue weighted by Crippen LogP contribution is -2.19. The molecule has 0 aromatic carbocycles. The third-order valence-electron chi connectivity index (χ3n) is 3.82. The maximum absolute atomic E-state index is 10.8. The summed E-state index contributed by atoms with van der Waals surface area (Å²) in [5.74, 6) is 3.38. The van der Waals surface area contributed by atoms with Gasteiger partial charge in [-0.15, -0.1) is 23.1 Å². The van der Waals surface area contributed by atoms with Gasteiger partial charge in [-0.3, -0.25) is 0 Å². The van der Waals surface area contributed by atoms with Gasteiger partial charge in [-0.2, -0.15) is 0 Å². The van der Waals surface area contributed by atoms with Crippen LogP contribution in [0.2, 0.25) is 12.6 Å². The monoisotopic (exact) mass is 307 g/mol. The number of aromatic carboxylic acids is 1. The van der Waals surface area contributed by atoms with Crippen LogP contribution in [-0.4, -0.2) is 23.5 Å². The molecule has 0 amide bonds. The van der Waals surface area contributed by atoms with Crippen LogP contribution in [0.3, 0.4) is 0 Å². The Bertz CT molecular complexity index is 490. The van der Waals surface area contributed by atoms with E-state index in [4.69, 9.17) is 10.4 Å². The molecule has 0 unspecified atom stereocenters. The number of hydrogen-bond donors (Lipinski definition) is 1. The summed E-state index contributed by atoms with van der Waals surface area (Å²) in [5.41, 5.74) is 0. The zero-order valence-electron chi connectivity index (χ0n) is 11.4. The van der Waals surface area contributed by atoms with E-state index < -0.39 is 5.97 Å². The molecule has 0 radical (unpaired) electrons. The Labute approximate surface area is 128 Å². The molecule has 0 atom stereocenters. The molecule has 106 valence electrons. The van der Waals surface area contributed by atoms with Gasteiger partial charge in [0.25, 0.3) is 6.71 Å². The summed E-state index contributed by atoms with van der Waals surface area (Å²) in [6.07, 6.45) is 6.95. The van der Waals surface area contributed by atoms with Gasteiger partial charge in [-0.1, -0.05) is 25.5 Å². The largest absolute Gasteiger partial charge is 0.477 e. The molecule has 0 aliphatic carbocycles. The number of thioether (sulfide) groups is 1. The van der Waals surface area contributed by atoms with E-state index in [2.05, 4.69) is 5.97 Å². The molecule has 0 spiro atoms. The van der Waals surface area contributed by atoms with Crippen molar-refractivity contribution >= 4 is 35.8 Å². The van der Waals surface area contributed by atoms with Crippen molar-refractivity contribution in [1.29, 1.82) is 5.26 Å². The fourth-order valence-corrected chi connectivity index (χ4v) is 4.65. The molecule has 20 heavy (non-hydrogen) atoms. The first-order valence-corrected chi connectivity index (χ1v) is 8.85. The molecule has 1 aromatic rings. The quantitative estimate of drug-likeness (QED) is 0.484. The Balaban J connectivity index is 1.62. The van der Waals surface area contributed by atoms with Crippen molar-refractivity contribution in [2.24, 2.45) is 5.92 Å². The predicted octanol–water partition coefficient (Wildman–Crippen LogP) is 4.29. The zero-order chi connectivity index (χ0) is 14.4. The van der Waals surface area contributed by atoms with Gasteiger partial charge < -0.3 is 5.11 Å². The van der Waals surface area contributed by atoms with Crippen LogP contribution in [0, 0.1) is 17.1 Å². The van der Waals surface area contributed by atoms with E-state index in [1.807, 2.05) is 6.07 Å². The third kappa shape index (κ3) is 4.57. The summed E-state index contributed by atoms with van der Waals surface area (Å²) in [5, 5.41) is 17.7. The van der Waals surface area contributed by atoms with Crippen molar-refractivity contribution in [1.82, 2.24) is 0 Å². The highest BCUT2D eigenvalue weighted by atomic mass is 32.2. The van der Waals surface area contributed by atoms with Crippen molar-refractivity contribution in [2.45, 2.75) is 42.5 Å². The van der Waals surface area contributed by atoms with Gasteiger partial charge >= 0.3 is 5.97 Å². The lowest BCUT2D eigenvalue weighted by atomic mass is 9.41. The fourth-order valence-electron chi connectivity index (χ4n) is 2.64. The average molecular weight is 307 g/mol. The first-order chi connectivity index (χ1) is 9.69. The molecule has 1 N–H and O–H groups in total. The molecular formula is C14H18BNO2S2. The van der Waals surface area contributed by atoms with Crippen LogP contribution >= 0.6 is 23.1 Å². The summed E-state index contributed by atoms with van der Waals surface area (Å²) < 4.78 is 1.09. The molecular weight excluding hydrogens is 289 g/mol. The highest BCUT2D eigenvalue weighted by Crippen LogP contribution is 2.31. The van der Waals surface area contributed by atoms with Crippen molar-refractivity contribution in [3.63, 3.8) is 0 Å². The smallest absolute Gasteiger partial charge is 0.345 e. The molecule has 2 rings (SSSR count). The molecule has 2 heterocycles. The minimum absolute atomic E-state index is 0.293. The second kappa shape index (κ2) is 7.75. The van der Waals surface area contributed by atoms with Crippen LogP contribution in [0.4, 0.5) is 0 Å². The van der Waals surface area contributed by atoms with Gasteiger partial charge in [0.2, 0.25) is 0 Å². The number of carboxylic acid groups (broad SMARTS) is 1. The number of carboxylic acids is 1. The Morgan fingerprint density at radius 2 is 2.25 bits per heavy atom.